The molecule has 3 aromatic rings. The van der Waals surface area contributed by atoms with Crippen molar-refractivity contribution in [1.29, 1.82) is 0 Å². The second-order valence-corrected chi connectivity index (χ2v) is 8.43. The fourth-order valence-corrected chi connectivity index (χ4v) is 3.39. The number of esters is 1. The number of carbonyl (C=O) groups is 1. The van der Waals surface area contributed by atoms with E-state index in [4.69, 9.17) is 4.74 Å². The summed E-state index contributed by atoms with van der Waals surface area (Å²) in [6.07, 6.45) is 0. The number of ether oxygens (including phenoxy) is 1. The summed E-state index contributed by atoms with van der Waals surface area (Å²) in [7, 11) is 0. The Balaban J connectivity index is 1.87. The normalized spacial score (nSPS) is 11.6. The first-order chi connectivity index (χ1) is 14.5. The second kappa shape index (κ2) is 10.4. The highest BCUT2D eigenvalue weighted by molar-refractivity contribution is 9.10. The van der Waals surface area contributed by atoms with E-state index in [0.717, 1.165) is 20.3 Å². The number of azo groups is 1. The maximum Gasteiger partial charge on any atom is 0.361 e. The van der Waals surface area contributed by atoms with E-state index >= 15 is 0 Å². The number of benzene rings is 2. The Labute approximate surface area is 193 Å². The number of carbonyl (C=O) groups excluding carboxylic acids is 1. The molecule has 11 heteroatoms. The molecule has 0 radical (unpaired) electrons. The van der Waals surface area contributed by atoms with Gasteiger partial charge in [0.2, 0.25) is 10.7 Å². The Morgan fingerprint density at radius 2 is 1.73 bits per heavy atom. The molecular weight excluding hydrogens is 538 g/mol. The molecule has 0 saturated carbocycles. The summed E-state index contributed by atoms with van der Waals surface area (Å²) in [6.45, 7) is 1.86. The molecule has 0 spiro atoms. The van der Waals surface area contributed by atoms with Gasteiger partial charge in [0, 0.05) is 8.95 Å². The fraction of sp³-hybridized carbons (Fsp3) is 0.105. The van der Waals surface area contributed by atoms with Gasteiger partial charge in [0.1, 0.15) is 0 Å². The van der Waals surface area contributed by atoms with Crippen LogP contribution in [0.15, 0.2) is 72.8 Å². The van der Waals surface area contributed by atoms with E-state index in [-0.39, 0.29) is 28.2 Å². The van der Waals surface area contributed by atoms with Crippen molar-refractivity contribution < 1.29 is 14.6 Å². The molecule has 3 rings (SSSR count). The standard InChI is InChI=1S/C19H15Br2N5O3S/c1-2-29-19(28)15(25-23-13-7-3-11(20)4-8-13)17-22-16(27)18(30-17)26-24-14-9-5-12(21)6-10-14/h3-10,23,27H,2H2,1H3/b25-15+,26-24?. The number of aromatic hydroxyl groups is 1. The van der Waals surface area contributed by atoms with Crippen molar-refractivity contribution in [2.75, 3.05) is 12.0 Å². The Bertz CT molecular complexity index is 1080. The minimum Gasteiger partial charge on any atom is -0.491 e. The number of hydrazone groups is 1. The van der Waals surface area contributed by atoms with Crippen LogP contribution in [0.25, 0.3) is 0 Å². The highest BCUT2D eigenvalue weighted by Crippen LogP contribution is 2.35. The number of hydrogen-bond donors (Lipinski definition) is 2. The van der Waals surface area contributed by atoms with Crippen molar-refractivity contribution in [2.45, 2.75) is 6.92 Å². The Hall–Kier alpha value is -2.63. The lowest BCUT2D eigenvalue weighted by molar-refractivity contribution is -0.134. The van der Waals surface area contributed by atoms with Gasteiger partial charge in [0.15, 0.2) is 5.01 Å². The molecule has 0 unspecified atom stereocenters. The summed E-state index contributed by atoms with van der Waals surface area (Å²) in [4.78, 5) is 16.4. The zero-order valence-electron chi connectivity index (χ0n) is 15.5. The zero-order valence-corrected chi connectivity index (χ0v) is 19.5. The molecule has 8 nitrogen and oxygen atoms in total. The van der Waals surface area contributed by atoms with Crippen LogP contribution in [0.4, 0.5) is 16.4 Å². The maximum atomic E-state index is 12.4. The summed E-state index contributed by atoms with van der Waals surface area (Å²) < 4.78 is 6.89. The number of hydrogen-bond acceptors (Lipinski definition) is 9. The molecule has 0 bridgehead atoms. The number of aromatic nitrogens is 1. The molecule has 154 valence electrons. The number of halogens is 2. The maximum absolute atomic E-state index is 12.4. The average molecular weight is 553 g/mol. The lowest BCUT2D eigenvalue weighted by Crippen LogP contribution is -2.20. The number of rotatable bonds is 7. The van der Waals surface area contributed by atoms with Gasteiger partial charge in [-0.05, 0) is 55.5 Å². The van der Waals surface area contributed by atoms with Crippen LogP contribution in [-0.4, -0.2) is 28.4 Å². The minimum atomic E-state index is -0.674. The SMILES string of the molecule is CCOC(=O)/C(=N/Nc1ccc(Br)cc1)c1nc(O)c(N=Nc2ccc(Br)cc2)s1. The monoisotopic (exact) mass is 551 g/mol. The molecule has 0 fully saturated rings. The van der Waals surface area contributed by atoms with Gasteiger partial charge in [-0.3, -0.25) is 5.43 Å². The van der Waals surface area contributed by atoms with E-state index in [0.29, 0.717) is 11.4 Å². The third-order valence-electron chi connectivity index (χ3n) is 3.49. The first kappa shape index (κ1) is 22.1. The van der Waals surface area contributed by atoms with Crippen LogP contribution in [0.1, 0.15) is 11.9 Å². The molecule has 1 heterocycles. The van der Waals surface area contributed by atoms with Gasteiger partial charge in [0.25, 0.3) is 5.88 Å². The van der Waals surface area contributed by atoms with Gasteiger partial charge in [-0.15, -0.1) is 10.2 Å². The zero-order chi connectivity index (χ0) is 21.5. The average Bonchev–Trinajstić information content (AvgIpc) is 3.09. The van der Waals surface area contributed by atoms with Crippen LogP contribution in [0, 0.1) is 0 Å². The smallest absolute Gasteiger partial charge is 0.361 e. The minimum absolute atomic E-state index is 0.0786. The van der Waals surface area contributed by atoms with Crippen molar-refractivity contribution in [3.05, 3.63) is 62.5 Å². The molecule has 0 saturated heterocycles. The van der Waals surface area contributed by atoms with E-state index < -0.39 is 5.97 Å². The molecule has 30 heavy (non-hydrogen) atoms. The van der Waals surface area contributed by atoms with Gasteiger partial charge >= 0.3 is 5.97 Å². The topological polar surface area (TPSA) is 109 Å². The van der Waals surface area contributed by atoms with Crippen LogP contribution in [0.5, 0.6) is 5.88 Å². The number of nitrogens with zero attached hydrogens (tertiary/aromatic N) is 4. The molecule has 0 amide bonds. The lowest BCUT2D eigenvalue weighted by atomic mass is 10.3. The van der Waals surface area contributed by atoms with Crippen LogP contribution in [-0.2, 0) is 9.53 Å². The van der Waals surface area contributed by atoms with Crippen LogP contribution in [0.2, 0.25) is 0 Å². The molecule has 0 atom stereocenters. The highest BCUT2D eigenvalue weighted by atomic mass is 79.9. The first-order valence-corrected chi connectivity index (χ1v) is 11.0. The van der Waals surface area contributed by atoms with Crippen molar-refractivity contribution in [3.8, 4) is 5.88 Å². The van der Waals surface area contributed by atoms with Crippen molar-refractivity contribution in [2.24, 2.45) is 15.3 Å². The van der Waals surface area contributed by atoms with Crippen molar-refractivity contribution >= 4 is 71.3 Å². The molecule has 1 aromatic heterocycles. The molecule has 0 aliphatic carbocycles. The number of thiazole rings is 1. The van der Waals surface area contributed by atoms with Gasteiger partial charge in [-0.2, -0.15) is 10.1 Å². The van der Waals surface area contributed by atoms with Gasteiger partial charge in [0.05, 0.1) is 18.0 Å². The molecule has 0 aliphatic heterocycles. The van der Waals surface area contributed by atoms with E-state index in [2.05, 4.69) is 57.6 Å². The van der Waals surface area contributed by atoms with Gasteiger partial charge in [-0.25, -0.2) is 4.79 Å². The van der Waals surface area contributed by atoms with Gasteiger partial charge in [-0.1, -0.05) is 43.2 Å². The summed E-state index contributed by atoms with van der Waals surface area (Å²) in [5.41, 5.74) is 3.98. The summed E-state index contributed by atoms with van der Waals surface area (Å²) in [5.74, 6) is -1.02. The molecule has 2 N–H and O–H groups in total. The van der Waals surface area contributed by atoms with Crippen LogP contribution >= 0.6 is 43.2 Å². The largest absolute Gasteiger partial charge is 0.491 e. The number of anilines is 1. The predicted octanol–water partition coefficient (Wildman–Crippen LogP) is 6.17. The summed E-state index contributed by atoms with van der Waals surface area (Å²) >= 11 is 7.68. The van der Waals surface area contributed by atoms with Crippen molar-refractivity contribution in [1.82, 2.24) is 4.98 Å². The molecule has 2 aromatic carbocycles. The van der Waals surface area contributed by atoms with E-state index in [9.17, 15) is 9.90 Å². The fourth-order valence-electron chi connectivity index (χ4n) is 2.11. The first-order valence-electron chi connectivity index (χ1n) is 8.60. The van der Waals surface area contributed by atoms with E-state index in [1.54, 1.807) is 31.2 Å². The van der Waals surface area contributed by atoms with Crippen molar-refractivity contribution in [3.63, 3.8) is 0 Å². The predicted molar refractivity (Wildman–Crippen MR) is 123 cm³/mol. The lowest BCUT2D eigenvalue weighted by Gasteiger charge is -2.05. The number of nitrogens with one attached hydrogen (secondary N) is 1. The second-order valence-electron chi connectivity index (χ2n) is 5.62. The quantitative estimate of drug-likeness (QED) is 0.158. The Kier molecular flexibility index (Phi) is 7.66. The van der Waals surface area contributed by atoms with E-state index in [1.807, 2.05) is 24.3 Å². The Morgan fingerprint density at radius 3 is 2.37 bits per heavy atom. The third kappa shape index (κ3) is 5.94. The molecule has 0 aliphatic rings. The highest BCUT2D eigenvalue weighted by Gasteiger charge is 2.22. The van der Waals surface area contributed by atoms with Crippen LogP contribution in [0.3, 0.4) is 0 Å². The van der Waals surface area contributed by atoms with Crippen LogP contribution < -0.4 is 5.43 Å². The third-order valence-corrected chi connectivity index (χ3v) is 5.48. The van der Waals surface area contributed by atoms with Gasteiger partial charge < -0.3 is 9.84 Å². The van der Waals surface area contributed by atoms with E-state index in [1.165, 1.54) is 0 Å². The summed E-state index contributed by atoms with van der Waals surface area (Å²) in [5, 5.41) is 22.7. The Morgan fingerprint density at radius 1 is 1.10 bits per heavy atom. The molecular formula is C19H15Br2N5O3S. The summed E-state index contributed by atoms with van der Waals surface area (Å²) in [6, 6.07) is 14.4.